The van der Waals surface area contributed by atoms with Crippen LogP contribution < -0.4 is 10.9 Å². The maximum Gasteiger partial charge on any atom is 0.356 e. The molecule has 3 N–H and O–H groups in total. The van der Waals surface area contributed by atoms with E-state index in [0.717, 1.165) is 12.4 Å². The number of anilines is 1. The van der Waals surface area contributed by atoms with Crippen LogP contribution in [0.4, 0.5) is 5.69 Å². The molecule has 8 heteroatoms. The highest BCUT2D eigenvalue weighted by atomic mass is 16.4. The Kier molecular flexibility index (Phi) is 3.33. The molecule has 0 saturated carbocycles. The number of nitrogens with zero attached hydrogens (tertiary/aromatic N) is 2. The van der Waals surface area contributed by atoms with Gasteiger partial charge in [-0.2, -0.15) is 0 Å². The average molecular weight is 260 g/mol. The van der Waals surface area contributed by atoms with Gasteiger partial charge in [0.1, 0.15) is 5.69 Å². The van der Waals surface area contributed by atoms with E-state index in [2.05, 4.69) is 20.3 Å². The number of hydrogen-bond acceptors (Lipinski definition) is 5. The number of amides is 1. The van der Waals surface area contributed by atoms with Crippen LogP contribution in [0.2, 0.25) is 0 Å². The monoisotopic (exact) mass is 260 g/mol. The number of hydrogen-bond donors (Lipinski definition) is 3. The summed E-state index contributed by atoms with van der Waals surface area (Å²) in [7, 11) is 0. The van der Waals surface area contributed by atoms with Crippen LogP contribution in [0.25, 0.3) is 0 Å². The summed E-state index contributed by atoms with van der Waals surface area (Å²) in [5, 5.41) is 11.3. The minimum atomic E-state index is -1.26. The first-order valence-corrected chi connectivity index (χ1v) is 5.12. The molecule has 0 fully saturated rings. The molecule has 1 amide bonds. The molecule has 0 radical (unpaired) electrons. The molecule has 96 valence electrons. The van der Waals surface area contributed by atoms with Crippen molar-refractivity contribution >= 4 is 17.6 Å². The van der Waals surface area contributed by atoms with Crippen LogP contribution in [0.5, 0.6) is 0 Å². The summed E-state index contributed by atoms with van der Waals surface area (Å²) < 4.78 is 0. The highest BCUT2D eigenvalue weighted by Crippen LogP contribution is 2.12. The van der Waals surface area contributed by atoms with Crippen molar-refractivity contribution in [2.45, 2.75) is 0 Å². The smallest absolute Gasteiger partial charge is 0.356 e. The molecule has 0 aliphatic heterocycles. The van der Waals surface area contributed by atoms with E-state index in [1.54, 1.807) is 0 Å². The van der Waals surface area contributed by atoms with Crippen LogP contribution in [-0.2, 0) is 0 Å². The predicted octanol–water partition coefficient (Wildman–Crippen LogP) is 0.115. The van der Waals surface area contributed by atoms with Crippen LogP contribution >= 0.6 is 0 Å². The Bertz CT molecular complexity index is 675. The molecule has 0 unspecified atom stereocenters. The third-order valence-corrected chi connectivity index (χ3v) is 2.16. The van der Waals surface area contributed by atoms with Gasteiger partial charge in [0.2, 0.25) is 0 Å². The van der Waals surface area contributed by atoms with Gasteiger partial charge in [0.25, 0.3) is 11.5 Å². The molecule has 8 nitrogen and oxygen atoms in total. The van der Waals surface area contributed by atoms with Gasteiger partial charge >= 0.3 is 5.97 Å². The molecule has 2 heterocycles. The number of H-pyrrole nitrogens is 1. The van der Waals surface area contributed by atoms with Crippen molar-refractivity contribution in [1.29, 1.82) is 0 Å². The molecular weight excluding hydrogens is 252 g/mol. The number of aromatic nitrogens is 3. The molecule has 2 rings (SSSR count). The van der Waals surface area contributed by atoms with Crippen LogP contribution in [0.15, 0.2) is 35.5 Å². The first-order chi connectivity index (χ1) is 9.08. The summed E-state index contributed by atoms with van der Waals surface area (Å²) in [5.41, 5.74) is -0.711. The maximum absolute atomic E-state index is 11.8. The van der Waals surface area contributed by atoms with Crippen molar-refractivity contribution in [2.75, 3.05) is 5.32 Å². The van der Waals surface area contributed by atoms with E-state index in [9.17, 15) is 14.4 Å². The van der Waals surface area contributed by atoms with Crippen molar-refractivity contribution in [1.82, 2.24) is 15.0 Å². The average Bonchev–Trinajstić information content (AvgIpc) is 2.39. The van der Waals surface area contributed by atoms with Gasteiger partial charge in [-0.15, -0.1) is 0 Å². The lowest BCUT2D eigenvalue weighted by Gasteiger charge is -2.06. The molecule has 0 aliphatic rings. The summed E-state index contributed by atoms with van der Waals surface area (Å²) in [6.45, 7) is 0. The first-order valence-electron chi connectivity index (χ1n) is 5.12. The van der Waals surface area contributed by atoms with Crippen molar-refractivity contribution < 1.29 is 14.7 Å². The SMILES string of the molecule is O=C(Nc1cccnc1C(=O)O)c1c[nH]c(=O)cn1. The molecule has 2 aromatic rings. The Morgan fingerprint density at radius 3 is 2.74 bits per heavy atom. The zero-order valence-corrected chi connectivity index (χ0v) is 9.45. The fourth-order valence-electron chi connectivity index (χ4n) is 1.33. The minimum absolute atomic E-state index is 0.0419. The van der Waals surface area contributed by atoms with Crippen LogP contribution in [0.3, 0.4) is 0 Å². The fourth-order valence-corrected chi connectivity index (χ4v) is 1.33. The number of nitrogens with one attached hydrogen (secondary N) is 2. The van der Waals surface area contributed by atoms with Crippen molar-refractivity contribution in [2.24, 2.45) is 0 Å². The van der Waals surface area contributed by atoms with E-state index in [1.165, 1.54) is 18.3 Å². The van der Waals surface area contributed by atoms with Gasteiger partial charge in [-0.05, 0) is 12.1 Å². The number of carboxylic acids is 1. The molecule has 19 heavy (non-hydrogen) atoms. The van der Waals surface area contributed by atoms with Crippen LogP contribution in [-0.4, -0.2) is 31.9 Å². The third-order valence-electron chi connectivity index (χ3n) is 2.16. The van der Waals surface area contributed by atoms with Gasteiger partial charge in [-0.3, -0.25) is 9.59 Å². The second kappa shape index (κ2) is 5.08. The maximum atomic E-state index is 11.8. The lowest BCUT2D eigenvalue weighted by atomic mass is 10.3. The van der Waals surface area contributed by atoms with Gasteiger partial charge in [0.15, 0.2) is 5.69 Å². The lowest BCUT2D eigenvalue weighted by Crippen LogP contribution is -2.19. The fraction of sp³-hybridized carbons (Fsp3) is 0. The van der Waals surface area contributed by atoms with Crippen molar-refractivity contribution in [3.8, 4) is 0 Å². The van der Waals surface area contributed by atoms with Crippen LogP contribution in [0.1, 0.15) is 21.0 Å². The second-order valence-corrected chi connectivity index (χ2v) is 3.46. The van der Waals surface area contributed by atoms with E-state index in [1.807, 2.05) is 0 Å². The Morgan fingerprint density at radius 1 is 1.32 bits per heavy atom. The second-order valence-electron chi connectivity index (χ2n) is 3.46. The molecule has 0 aromatic carbocycles. The molecule has 0 spiro atoms. The van der Waals surface area contributed by atoms with E-state index in [4.69, 9.17) is 5.11 Å². The number of carbonyl (C=O) groups is 2. The van der Waals surface area contributed by atoms with Gasteiger partial charge in [0, 0.05) is 12.4 Å². The van der Waals surface area contributed by atoms with E-state index < -0.39 is 17.4 Å². The largest absolute Gasteiger partial charge is 0.476 e. The van der Waals surface area contributed by atoms with E-state index >= 15 is 0 Å². The Morgan fingerprint density at radius 2 is 2.11 bits per heavy atom. The molecule has 2 aromatic heterocycles. The Hall–Kier alpha value is -3.03. The minimum Gasteiger partial charge on any atom is -0.476 e. The lowest BCUT2D eigenvalue weighted by molar-refractivity contribution is 0.0692. The van der Waals surface area contributed by atoms with Crippen LogP contribution in [0, 0.1) is 0 Å². The Balaban J connectivity index is 2.26. The highest BCUT2D eigenvalue weighted by Gasteiger charge is 2.15. The zero-order valence-electron chi connectivity index (χ0n) is 9.45. The summed E-state index contributed by atoms with van der Waals surface area (Å²) in [6, 6.07) is 2.89. The molecular formula is C11H8N4O4. The van der Waals surface area contributed by atoms with E-state index in [0.29, 0.717) is 0 Å². The van der Waals surface area contributed by atoms with E-state index in [-0.39, 0.29) is 17.1 Å². The standard InChI is InChI=1S/C11H8N4O4/c16-8-5-13-7(4-14-8)10(17)15-6-2-1-3-12-9(6)11(18)19/h1-5H,(H,14,16)(H,15,17)(H,18,19). The normalized spacial score (nSPS) is 9.89. The summed E-state index contributed by atoms with van der Waals surface area (Å²) in [6.07, 6.45) is 3.39. The number of carbonyl (C=O) groups excluding carboxylic acids is 1. The summed E-state index contributed by atoms with van der Waals surface area (Å²) in [4.78, 5) is 43.1. The van der Waals surface area contributed by atoms with Gasteiger partial charge in [-0.1, -0.05) is 0 Å². The molecule has 0 saturated heterocycles. The van der Waals surface area contributed by atoms with Gasteiger partial charge < -0.3 is 15.4 Å². The number of pyridine rings is 1. The zero-order chi connectivity index (χ0) is 13.8. The number of rotatable bonds is 3. The Labute approximate surface area is 106 Å². The highest BCUT2D eigenvalue weighted by molar-refractivity contribution is 6.05. The summed E-state index contributed by atoms with van der Waals surface area (Å²) >= 11 is 0. The van der Waals surface area contributed by atoms with Crippen molar-refractivity contribution in [3.05, 3.63) is 52.5 Å². The first kappa shape index (κ1) is 12.4. The number of carboxylic acid groups (broad SMARTS) is 1. The molecule has 0 aliphatic carbocycles. The third kappa shape index (κ3) is 2.80. The number of aromatic carboxylic acids is 1. The van der Waals surface area contributed by atoms with Crippen molar-refractivity contribution in [3.63, 3.8) is 0 Å². The number of aromatic amines is 1. The predicted molar refractivity (Wildman–Crippen MR) is 64.0 cm³/mol. The van der Waals surface area contributed by atoms with Gasteiger partial charge in [0.05, 0.1) is 11.9 Å². The molecule has 0 atom stereocenters. The quantitative estimate of drug-likeness (QED) is 0.719. The molecule has 0 bridgehead atoms. The van der Waals surface area contributed by atoms with Gasteiger partial charge in [-0.25, -0.2) is 14.8 Å². The topological polar surface area (TPSA) is 125 Å². The summed E-state index contributed by atoms with van der Waals surface area (Å²) in [5.74, 6) is -1.91.